The molecule has 3 aromatic rings. The van der Waals surface area contributed by atoms with E-state index in [1.165, 1.54) is 12.1 Å². The number of H-pyrrole nitrogens is 1. The molecule has 1 amide bonds. The Bertz CT molecular complexity index is 954. The summed E-state index contributed by atoms with van der Waals surface area (Å²) in [6.07, 6.45) is 3.51. The first-order chi connectivity index (χ1) is 13.2. The lowest BCUT2D eigenvalue weighted by Gasteiger charge is -2.26. The van der Waals surface area contributed by atoms with Gasteiger partial charge in [0.1, 0.15) is 18.5 Å². The molecule has 0 aliphatic carbocycles. The molecule has 0 saturated heterocycles. The molecule has 2 heterocycles. The number of hydrogen-bond donors (Lipinski definition) is 2. The molecule has 1 aromatic heterocycles. The Labute approximate surface area is 156 Å². The molecule has 0 saturated carbocycles. The van der Waals surface area contributed by atoms with Crippen molar-refractivity contribution < 1.29 is 18.7 Å². The van der Waals surface area contributed by atoms with Gasteiger partial charge in [0, 0.05) is 23.5 Å². The van der Waals surface area contributed by atoms with Gasteiger partial charge in [-0.1, -0.05) is 12.1 Å². The van der Waals surface area contributed by atoms with Crippen LogP contribution in [0.15, 0.2) is 48.7 Å². The lowest BCUT2D eigenvalue weighted by atomic mass is 10.1. The number of benzene rings is 2. The van der Waals surface area contributed by atoms with Gasteiger partial charge in [0.15, 0.2) is 11.5 Å². The Morgan fingerprint density at radius 2 is 2.07 bits per heavy atom. The number of ether oxygens (including phenoxy) is 2. The first-order valence-corrected chi connectivity index (χ1v) is 9.10. The van der Waals surface area contributed by atoms with E-state index in [1.807, 2.05) is 30.5 Å². The van der Waals surface area contributed by atoms with Crippen LogP contribution in [0.1, 0.15) is 18.4 Å². The van der Waals surface area contributed by atoms with Crippen molar-refractivity contribution in [1.82, 2.24) is 10.3 Å². The Hall–Kier alpha value is -3.02. The van der Waals surface area contributed by atoms with Crippen molar-refractivity contribution in [2.75, 3.05) is 13.2 Å². The second-order valence-electron chi connectivity index (χ2n) is 6.66. The van der Waals surface area contributed by atoms with Crippen LogP contribution in [0.25, 0.3) is 10.9 Å². The van der Waals surface area contributed by atoms with E-state index in [-0.39, 0.29) is 17.8 Å². The molecule has 1 aliphatic rings. The van der Waals surface area contributed by atoms with Crippen LogP contribution in [0.4, 0.5) is 4.39 Å². The number of aromatic nitrogens is 1. The summed E-state index contributed by atoms with van der Waals surface area (Å²) in [4.78, 5) is 15.2. The maximum absolute atomic E-state index is 13.4. The van der Waals surface area contributed by atoms with Crippen molar-refractivity contribution in [3.63, 3.8) is 0 Å². The number of hydrogen-bond acceptors (Lipinski definition) is 3. The molecular formula is C21H21FN2O3. The zero-order valence-corrected chi connectivity index (χ0v) is 14.8. The number of aromatic amines is 1. The average Bonchev–Trinajstić information content (AvgIpc) is 3.08. The average molecular weight is 368 g/mol. The number of carbonyl (C=O) groups excluding carboxylic acids is 1. The lowest BCUT2D eigenvalue weighted by Crippen LogP contribution is -2.40. The minimum atomic E-state index is -0.252. The van der Waals surface area contributed by atoms with Gasteiger partial charge in [0.25, 0.3) is 0 Å². The normalized spacial score (nSPS) is 15.7. The van der Waals surface area contributed by atoms with Gasteiger partial charge in [0.2, 0.25) is 5.91 Å². The summed E-state index contributed by atoms with van der Waals surface area (Å²) in [5.41, 5.74) is 1.93. The van der Waals surface area contributed by atoms with Crippen molar-refractivity contribution in [1.29, 1.82) is 0 Å². The Morgan fingerprint density at radius 3 is 2.96 bits per heavy atom. The second kappa shape index (κ2) is 7.70. The molecule has 1 atom stereocenters. The number of para-hydroxylation sites is 2. The van der Waals surface area contributed by atoms with E-state index in [0.717, 1.165) is 22.2 Å². The van der Waals surface area contributed by atoms with Crippen molar-refractivity contribution in [2.24, 2.45) is 0 Å². The molecule has 0 spiro atoms. The quantitative estimate of drug-likeness (QED) is 0.699. The van der Waals surface area contributed by atoms with E-state index in [0.29, 0.717) is 38.2 Å². The minimum Gasteiger partial charge on any atom is -0.486 e. The summed E-state index contributed by atoms with van der Waals surface area (Å²) < 4.78 is 24.9. The van der Waals surface area contributed by atoms with Crippen LogP contribution in [0.3, 0.4) is 0 Å². The predicted octanol–water partition coefficient (Wildman–Crippen LogP) is 3.59. The Morgan fingerprint density at radius 1 is 1.22 bits per heavy atom. The number of fused-ring (bicyclic) bond motifs is 2. The first kappa shape index (κ1) is 17.4. The van der Waals surface area contributed by atoms with E-state index < -0.39 is 0 Å². The largest absolute Gasteiger partial charge is 0.486 e. The molecular weight excluding hydrogens is 347 g/mol. The molecule has 140 valence electrons. The van der Waals surface area contributed by atoms with Gasteiger partial charge in [-0.25, -0.2) is 4.39 Å². The molecule has 0 radical (unpaired) electrons. The highest BCUT2D eigenvalue weighted by Crippen LogP contribution is 2.30. The molecule has 4 rings (SSSR count). The fraction of sp³-hybridized carbons (Fsp3) is 0.286. The van der Waals surface area contributed by atoms with Gasteiger partial charge in [-0.3, -0.25) is 4.79 Å². The SMILES string of the molecule is O=C(CCCc1c[nH]c2ccc(F)cc12)NCC1COc2ccccc2O1. The number of rotatable bonds is 6. The van der Waals surface area contributed by atoms with Crippen molar-refractivity contribution >= 4 is 16.8 Å². The van der Waals surface area contributed by atoms with Gasteiger partial charge in [-0.2, -0.15) is 0 Å². The van der Waals surface area contributed by atoms with Crippen LogP contribution in [0, 0.1) is 5.82 Å². The highest BCUT2D eigenvalue weighted by molar-refractivity contribution is 5.83. The minimum absolute atomic E-state index is 0.0246. The fourth-order valence-corrected chi connectivity index (χ4v) is 3.28. The molecule has 0 bridgehead atoms. The summed E-state index contributed by atoms with van der Waals surface area (Å²) >= 11 is 0. The highest BCUT2D eigenvalue weighted by atomic mass is 19.1. The highest BCUT2D eigenvalue weighted by Gasteiger charge is 2.20. The third kappa shape index (κ3) is 4.05. The number of halogens is 1. The van der Waals surface area contributed by atoms with Crippen LogP contribution in [-0.4, -0.2) is 30.1 Å². The molecule has 1 unspecified atom stereocenters. The summed E-state index contributed by atoms with van der Waals surface area (Å²) in [6, 6.07) is 12.2. The van der Waals surface area contributed by atoms with E-state index in [9.17, 15) is 9.18 Å². The second-order valence-corrected chi connectivity index (χ2v) is 6.66. The third-order valence-corrected chi connectivity index (χ3v) is 4.67. The molecule has 6 heteroatoms. The number of aryl methyl sites for hydroxylation is 1. The van der Waals surface area contributed by atoms with E-state index in [1.54, 1.807) is 6.07 Å². The molecule has 0 fully saturated rings. The number of carbonyl (C=O) groups is 1. The van der Waals surface area contributed by atoms with Gasteiger partial charge in [-0.15, -0.1) is 0 Å². The van der Waals surface area contributed by atoms with Crippen LogP contribution in [-0.2, 0) is 11.2 Å². The van der Waals surface area contributed by atoms with Crippen molar-refractivity contribution in [3.8, 4) is 11.5 Å². The predicted molar refractivity (Wildman–Crippen MR) is 101 cm³/mol. The molecule has 2 aromatic carbocycles. The summed E-state index contributed by atoms with van der Waals surface area (Å²) in [5, 5.41) is 3.77. The van der Waals surface area contributed by atoms with Crippen LogP contribution >= 0.6 is 0 Å². The van der Waals surface area contributed by atoms with Crippen LogP contribution in [0.5, 0.6) is 11.5 Å². The molecule has 27 heavy (non-hydrogen) atoms. The number of amides is 1. The number of nitrogens with one attached hydrogen (secondary N) is 2. The summed E-state index contributed by atoms with van der Waals surface area (Å²) in [5.74, 6) is 1.16. The monoisotopic (exact) mass is 368 g/mol. The lowest BCUT2D eigenvalue weighted by molar-refractivity contribution is -0.121. The third-order valence-electron chi connectivity index (χ3n) is 4.67. The zero-order valence-electron chi connectivity index (χ0n) is 14.8. The van der Waals surface area contributed by atoms with Crippen molar-refractivity contribution in [3.05, 3.63) is 60.0 Å². The zero-order chi connectivity index (χ0) is 18.6. The standard InChI is InChI=1S/C21H21FN2O3/c22-15-8-9-18-17(10-15)14(11-23-18)4-3-7-21(25)24-12-16-13-26-19-5-1-2-6-20(19)27-16/h1-2,5-6,8-11,16,23H,3-4,7,12-13H2,(H,24,25). The summed E-state index contributed by atoms with van der Waals surface area (Å²) in [7, 11) is 0. The Kier molecular flexibility index (Phi) is 4.96. The Balaban J connectivity index is 1.23. The topological polar surface area (TPSA) is 63.4 Å². The van der Waals surface area contributed by atoms with Gasteiger partial charge < -0.3 is 19.8 Å². The smallest absolute Gasteiger partial charge is 0.220 e. The molecule has 5 nitrogen and oxygen atoms in total. The van der Waals surface area contributed by atoms with E-state index >= 15 is 0 Å². The van der Waals surface area contributed by atoms with Crippen LogP contribution < -0.4 is 14.8 Å². The first-order valence-electron chi connectivity index (χ1n) is 9.10. The maximum atomic E-state index is 13.4. The van der Waals surface area contributed by atoms with Gasteiger partial charge >= 0.3 is 0 Å². The maximum Gasteiger partial charge on any atom is 0.220 e. The fourth-order valence-electron chi connectivity index (χ4n) is 3.28. The van der Waals surface area contributed by atoms with E-state index in [4.69, 9.17) is 9.47 Å². The summed E-state index contributed by atoms with van der Waals surface area (Å²) in [6.45, 7) is 0.823. The van der Waals surface area contributed by atoms with Crippen LogP contribution in [0.2, 0.25) is 0 Å². The molecule has 2 N–H and O–H groups in total. The van der Waals surface area contributed by atoms with Crippen molar-refractivity contribution in [2.45, 2.75) is 25.4 Å². The van der Waals surface area contributed by atoms with Gasteiger partial charge in [-0.05, 0) is 48.7 Å². The van der Waals surface area contributed by atoms with Gasteiger partial charge in [0.05, 0.1) is 6.54 Å². The molecule has 1 aliphatic heterocycles. The van der Waals surface area contributed by atoms with E-state index in [2.05, 4.69) is 10.3 Å².